The van der Waals surface area contributed by atoms with Gasteiger partial charge in [-0.15, -0.1) is 0 Å². The first kappa shape index (κ1) is 14.0. The van der Waals surface area contributed by atoms with Gasteiger partial charge in [0.2, 0.25) is 0 Å². The summed E-state index contributed by atoms with van der Waals surface area (Å²) in [6, 6.07) is 1.23. The fraction of sp³-hybridized carbons (Fsp3) is 1.00. The molecule has 1 saturated carbocycles. The minimum Gasteiger partial charge on any atom is -0.383 e. The molecule has 0 amide bonds. The second-order valence-corrected chi connectivity index (χ2v) is 5.38. The van der Waals surface area contributed by atoms with Gasteiger partial charge in [-0.2, -0.15) is 0 Å². The molecule has 0 aliphatic heterocycles. The van der Waals surface area contributed by atoms with Gasteiger partial charge >= 0.3 is 0 Å². The van der Waals surface area contributed by atoms with E-state index in [0.717, 1.165) is 18.6 Å². The van der Waals surface area contributed by atoms with Gasteiger partial charge in [-0.25, -0.2) is 0 Å². The highest BCUT2D eigenvalue weighted by atomic mass is 16.5. The van der Waals surface area contributed by atoms with E-state index in [-0.39, 0.29) is 0 Å². The Morgan fingerprint density at radius 1 is 1.25 bits per heavy atom. The lowest BCUT2D eigenvalue weighted by molar-refractivity contribution is 0.164. The van der Waals surface area contributed by atoms with E-state index in [9.17, 15) is 0 Å². The van der Waals surface area contributed by atoms with Crippen LogP contribution in [0.4, 0.5) is 0 Å². The summed E-state index contributed by atoms with van der Waals surface area (Å²) in [5, 5.41) is 3.70. The highest BCUT2D eigenvalue weighted by molar-refractivity contribution is 4.77. The molecule has 2 heteroatoms. The van der Waals surface area contributed by atoms with E-state index in [2.05, 4.69) is 19.2 Å². The fourth-order valence-electron chi connectivity index (χ4n) is 2.94. The van der Waals surface area contributed by atoms with Crippen LogP contribution in [0.2, 0.25) is 0 Å². The molecule has 96 valence electrons. The zero-order valence-corrected chi connectivity index (χ0v) is 11.3. The molecule has 0 aromatic rings. The van der Waals surface area contributed by atoms with Gasteiger partial charge < -0.3 is 10.1 Å². The molecule has 3 atom stereocenters. The van der Waals surface area contributed by atoms with Crippen molar-refractivity contribution in [3.8, 4) is 0 Å². The normalized spacial score (nSPS) is 28.7. The van der Waals surface area contributed by atoms with Gasteiger partial charge in [0, 0.05) is 19.2 Å². The Labute approximate surface area is 101 Å². The van der Waals surface area contributed by atoms with E-state index in [1.165, 1.54) is 44.9 Å². The maximum absolute atomic E-state index is 5.17. The minimum atomic E-state index is 0.498. The smallest absolute Gasteiger partial charge is 0.0613 e. The highest BCUT2D eigenvalue weighted by Gasteiger charge is 2.19. The average molecular weight is 227 g/mol. The monoisotopic (exact) mass is 227 g/mol. The molecular weight excluding hydrogens is 198 g/mol. The van der Waals surface area contributed by atoms with E-state index in [4.69, 9.17) is 4.74 Å². The summed E-state index contributed by atoms with van der Waals surface area (Å²) >= 11 is 0. The topological polar surface area (TPSA) is 21.3 Å². The molecular formula is C14H29NO. The summed E-state index contributed by atoms with van der Waals surface area (Å²) < 4.78 is 5.17. The number of hydrogen-bond acceptors (Lipinski definition) is 2. The van der Waals surface area contributed by atoms with E-state index >= 15 is 0 Å². The van der Waals surface area contributed by atoms with Crippen LogP contribution >= 0.6 is 0 Å². The van der Waals surface area contributed by atoms with Crippen molar-refractivity contribution < 1.29 is 4.74 Å². The van der Waals surface area contributed by atoms with Crippen molar-refractivity contribution in [2.75, 3.05) is 13.7 Å². The van der Waals surface area contributed by atoms with E-state index < -0.39 is 0 Å². The SMILES string of the molecule is CCCC1CCCC(NC(C)COC)CC1. The van der Waals surface area contributed by atoms with Gasteiger partial charge in [0.05, 0.1) is 6.61 Å². The van der Waals surface area contributed by atoms with Gasteiger partial charge in [-0.3, -0.25) is 0 Å². The number of nitrogens with one attached hydrogen (secondary N) is 1. The molecule has 3 unspecified atom stereocenters. The van der Waals surface area contributed by atoms with Crippen molar-refractivity contribution in [1.29, 1.82) is 0 Å². The Balaban J connectivity index is 2.24. The summed E-state index contributed by atoms with van der Waals surface area (Å²) in [6.45, 7) is 5.36. The van der Waals surface area contributed by atoms with Crippen LogP contribution in [-0.4, -0.2) is 25.8 Å². The molecule has 1 aliphatic rings. The first-order valence-electron chi connectivity index (χ1n) is 7.01. The number of ether oxygens (including phenoxy) is 1. The highest BCUT2D eigenvalue weighted by Crippen LogP contribution is 2.26. The van der Waals surface area contributed by atoms with Gasteiger partial charge in [-0.05, 0) is 32.1 Å². The lowest BCUT2D eigenvalue weighted by Gasteiger charge is -2.21. The molecule has 2 nitrogen and oxygen atoms in total. The number of methoxy groups -OCH3 is 1. The summed E-state index contributed by atoms with van der Waals surface area (Å²) in [6.07, 6.45) is 9.77. The maximum Gasteiger partial charge on any atom is 0.0613 e. The first-order valence-corrected chi connectivity index (χ1v) is 7.01. The zero-order chi connectivity index (χ0) is 11.8. The van der Waals surface area contributed by atoms with Crippen LogP contribution < -0.4 is 5.32 Å². The Hall–Kier alpha value is -0.0800. The first-order chi connectivity index (χ1) is 7.76. The maximum atomic E-state index is 5.17. The summed E-state index contributed by atoms with van der Waals surface area (Å²) in [4.78, 5) is 0. The lowest BCUT2D eigenvalue weighted by Crippen LogP contribution is -2.38. The minimum absolute atomic E-state index is 0.498. The van der Waals surface area contributed by atoms with Crippen LogP contribution in [0.3, 0.4) is 0 Å². The molecule has 0 aromatic heterocycles. The van der Waals surface area contributed by atoms with Crippen LogP contribution in [0.1, 0.15) is 58.8 Å². The Kier molecular flexibility index (Phi) is 7.06. The molecule has 0 heterocycles. The molecule has 16 heavy (non-hydrogen) atoms. The molecule has 1 aliphatic carbocycles. The summed E-state index contributed by atoms with van der Waals surface area (Å²) in [7, 11) is 1.78. The average Bonchev–Trinajstić information content (AvgIpc) is 2.45. The summed E-state index contributed by atoms with van der Waals surface area (Å²) in [5.74, 6) is 0.995. The number of hydrogen-bond donors (Lipinski definition) is 1. The van der Waals surface area contributed by atoms with E-state index in [1.54, 1.807) is 7.11 Å². The van der Waals surface area contributed by atoms with Gasteiger partial charge in [-0.1, -0.05) is 32.6 Å². The lowest BCUT2D eigenvalue weighted by atomic mass is 9.95. The Bertz CT molecular complexity index is 172. The second-order valence-electron chi connectivity index (χ2n) is 5.38. The van der Waals surface area contributed by atoms with E-state index in [0.29, 0.717) is 6.04 Å². The predicted octanol–water partition coefficient (Wildman–Crippen LogP) is 3.36. The predicted molar refractivity (Wildman–Crippen MR) is 69.7 cm³/mol. The molecule has 0 saturated heterocycles. The molecule has 1 rings (SSSR count). The third-order valence-corrected chi connectivity index (χ3v) is 3.72. The summed E-state index contributed by atoms with van der Waals surface area (Å²) in [5.41, 5.74) is 0. The second kappa shape index (κ2) is 8.08. The van der Waals surface area contributed by atoms with Crippen molar-refractivity contribution in [2.24, 2.45) is 5.92 Å². The molecule has 1 fully saturated rings. The van der Waals surface area contributed by atoms with Crippen molar-refractivity contribution in [3.63, 3.8) is 0 Å². The molecule has 0 radical (unpaired) electrons. The number of rotatable bonds is 6. The van der Waals surface area contributed by atoms with Crippen molar-refractivity contribution >= 4 is 0 Å². The van der Waals surface area contributed by atoms with Crippen molar-refractivity contribution in [1.82, 2.24) is 5.32 Å². The Morgan fingerprint density at radius 3 is 2.75 bits per heavy atom. The van der Waals surface area contributed by atoms with Gasteiger partial charge in [0.25, 0.3) is 0 Å². The van der Waals surface area contributed by atoms with Crippen LogP contribution in [0.5, 0.6) is 0 Å². The third kappa shape index (κ3) is 5.31. The quantitative estimate of drug-likeness (QED) is 0.703. The van der Waals surface area contributed by atoms with E-state index in [1.807, 2.05) is 0 Å². The Morgan fingerprint density at radius 2 is 2.06 bits per heavy atom. The largest absolute Gasteiger partial charge is 0.383 e. The fourth-order valence-corrected chi connectivity index (χ4v) is 2.94. The van der Waals surface area contributed by atoms with Gasteiger partial charge in [0.15, 0.2) is 0 Å². The standard InChI is InChI=1S/C14H29NO/c1-4-6-13-7-5-8-14(10-9-13)15-12(2)11-16-3/h12-15H,4-11H2,1-3H3. The van der Waals surface area contributed by atoms with Gasteiger partial charge in [0.1, 0.15) is 0 Å². The van der Waals surface area contributed by atoms with Crippen LogP contribution in [0.15, 0.2) is 0 Å². The molecule has 0 spiro atoms. The molecule has 1 N–H and O–H groups in total. The van der Waals surface area contributed by atoms with Crippen molar-refractivity contribution in [2.45, 2.75) is 70.9 Å². The third-order valence-electron chi connectivity index (χ3n) is 3.72. The molecule has 0 bridgehead atoms. The van der Waals surface area contributed by atoms with Crippen LogP contribution in [0, 0.1) is 5.92 Å². The zero-order valence-electron chi connectivity index (χ0n) is 11.3. The molecule has 0 aromatic carbocycles. The van der Waals surface area contributed by atoms with Crippen LogP contribution in [-0.2, 0) is 4.74 Å². The van der Waals surface area contributed by atoms with Crippen LogP contribution in [0.25, 0.3) is 0 Å². The van der Waals surface area contributed by atoms with Crippen molar-refractivity contribution in [3.05, 3.63) is 0 Å².